The Kier molecular flexibility index (Phi) is 6.47. The largest absolute Gasteiger partial charge is 0.396 e. The van der Waals surface area contributed by atoms with Crippen LogP contribution in [0.4, 0.5) is 0 Å². The molecule has 3 aromatic rings. The molecule has 0 radical (unpaired) electrons. The molecule has 1 aliphatic carbocycles. The number of rotatable bonds is 5. The van der Waals surface area contributed by atoms with Crippen LogP contribution in [-0.4, -0.2) is 27.6 Å². The minimum absolute atomic E-state index is 0.00985. The minimum Gasteiger partial charge on any atom is -0.396 e. The van der Waals surface area contributed by atoms with Crippen molar-refractivity contribution in [2.24, 2.45) is 11.3 Å². The number of halogens is 1. The van der Waals surface area contributed by atoms with Gasteiger partial charge in [0.25, 0.3) is 5.91 Å². The number of fused-ring (bicyclic) bond motifs is 2. The van der Waals surface area contributed by atoms with Gasteiger partial charge in [0.15, 0.2) is 5.01 Å². The van der Waals surface area contributed by atoms with Crippen LogP contribution in [0.25, 0.3) is 10.3 Å². The average molecular weight is 502 g/mol. The lowest BCUT2D eigenvalue weighted by atomic mass is 9.71. The summed E-state index contributed by atoms with van der Waals surface area (Å²) >= 11 is 4.77. The number of benzene rings is 1. The first-order valence-corrected chi connectivity index (χ1v) is 12.3. The van der Waals surface area contributed by atoms with Crippen molar-refractivity contribution < 1.29 is 9.90 Å². The number of hydrogen-bond donors (Lipinski definition) is 2. The maximum Gasteiger partial charge on any atom is 0.280 e. The number of amides is 1. The van der Waals surface area contributed by atoms with Gasteiger partial charge < -0.3 is 10.4 Å². The summed E-state index contributed by atoms with van der Waals surface area (Å²) in [4.78, 5) is 23.2. The van der Waals surface area contributed by atoms with Crippen molar-refractivity contribution in [2.45, 2.75) is 52.5 Å². The summed E-state index contributed by atoms with van der Waals surface area (Å²) in [6.45, 7) is 6.89. The van der Waals surface area contributed by atoms with E-state index in [1.807, 2.05) is 24.3 Å². The molecular formula is C24H28BrN3O2S. The molecule has 1 amide bonds. The molecule has 2 atom stereocenters. The standard InChI is InChI=1S/C24H28BrN3O2S/c1-24(2,3)16-6-9-18-15(12-16)13-20-22(27-18)31-23(28-20)21(30)26-19(10-11-29)14-4-7-17(25)8-5-14/h4-5,7-8,13,16,19,29H,6,9-12H2,1-3H3,(H,26,30)/t16?,19-/m1/s1. The number of pyridine rings is 1. The normalized spacial score (nSPS) is 17.4. The highest BCUT2D eigenvalue weighted by atomic mass is 79.9. The maximum atomic E-state index is 13.0. The second-order valence-electron chi connectivity index (χ2n) is 9.33. The molecule has 0 saturated heterocycles. The van der Waals surface area contributed by atoms with E-state index in [1.54, 1.807) is 0 Å². The number of carbonyl (C=O) groups excluding carboxylic acids is 1. The summed E-state index contributed by atoms with van der Waals surface area (Å²) in [5, 5.41) is 12.9. The van der Waals surface area contributed by atoms with Crippen molar-refractivity contribution in [2.75, 3.05) is 6.61 Å². The zero-order chi connectivity index (χ0) is 22.2. The molecule has 2 N–H and O–H groups in total. The monoisotopic (exact) mass is 501 g/mol. The second kappa shape index (κ2) is 8.96. The molecule has 31 heavy (non-hydrogen) atoms. The van der Waals surface area contributed by atoms with Crippen LogP contribution in [0.1, 0.15) is 66.3 Å². The molecule has 164 valence electrons. The lowest BCUT2D eigenvalue weighted by molar-refractivity contribution is 0.0930. The van der Waals surface area contributed by atoms with Gasteiger partial charge in [0.05, 0.1) is 6.04 Å². The summed E-state index contributed by atoms with van der Waals surface area (Å²) < 4.78 is 0.972. The van der Waals surface area contributed by atoms with Gasteiger partial charge in [0.2, 0.25) is 0 Å². The number of carbonyl (C=O) groups is 1. The molecule has 0 saturated carbocycles. The maximum absolute atomic E-state index is 13.0. The van der Waals surface area contributed by atoms with Crippen molar-refractivity contribution in [1.82, 2.24) is 15.3 Å². The summed E-state index contributed by atoms with van der Waals surface area (Å²) in [5.41, 5.74) is 4.44. The Morgan fingerprint density at radius 3 is 2.71 bits per heavy atom. The molecule has 2 heterocycles. The first-order valence-electron chi connectivity index (χ1n) is 10.7. The van der Waals surface area contributed by atoms with Crippen LogP contribution in [0.2, 0.25) is 0 Å². The Bertz CT molecular complexity index is 1090. The number of aryl methyl sites for hydroxylation is 1. The number of hydrogen-bond acceptors (Lipinski definition) is 5. The predicted octanol–water partition coefficient (Wildman–Crippen LogP) is 5.46. The molecule has 0 fully saturated rings. The fourth-order valence-electron chi connectivity index (χ4n) is 4.22. The summed E-state index contributed by atoms with van der Waals surface area (Å²) in [7, 11) is 0. The Morgan fingerprint density at radius 1 is 1.29 bits per heavy atom. The van der Waals surface area contributed by atoms with E-state index >= 15 is 0 Å². The van der Waals surface area contributed by atoms with Crippen molar-refractivity contribution in [3.8, 4) is 0 Å². The van der Waals surface area contributed by atoms with E-state index in [2.05, 4.69) is 53.1 Å². The summed E-state index contributed by atoms with van der Waals surface area (Å²) in [6, 6.07) is 9.62. The lowest BCUT2D eigenvalue weighted by Crippen LogP contribution is -2.29. The highest BCUT2D eigenvalue weighted by molar-refractivity contribution is 9.10. The number of nitrogens with one attached hydrogen (secondary N) is 1. The van der Waals surface area contributed by atoms with Gasteiger partial charge in [0.1, 0.15) is 10.3 Å². The molecule has 1 aliphatic rings. The molecule has 7 heteroatoms. The summed E-state index contributed by atoms with van der Waals surface area (Å²) in [6.07, 6.45) is 3.59. The van der Waals surface area contributed by atoms with Crippen molar-refractivity contribution in [3.63, 3.8) is 0 Å². The molecule has 1 aromatic carbocycles. The van der Waals surface area contributed by atoms with Gasteiger partial charge >= 0.3 is 0 Å². The number of aliphatic hydroxyl groups excluding tert-OH is 1. The Morgan fingerprint density at radius 2 is 2.03 bits per heavy atom. The third kappa shape index (κ3) is 4.99. The smallest absolute Gasteiger partial charge is 0.280 e. The molecule has 4 rings (SSSR count). The van der Waals surface area contributed by atoms with Gasteiger partial charge in [0, 0.05) is 16.8 Å². The van der Waals surface area contributed by atoms with Crippen LogP contribution in [-0.2, 0) is 12.8 Å². The van der Waals surface area contributed by atoms with Crippen LogP contribution < -0.4 is 5.32 Å². The Labute approximate surface area is 195 Å². The van der Waals surface area contributed by atoms with E-state index in [1.165, 1.54) is 16.9 Å². The van der Waals surface area contributed by atoms with Gasteiger partial charge in [-0.3, -0.25) is 4.79 Å². The van der Waals surface area contributed by atoms with Gasteiger partial charge in [-0.15, -0.1) is 0 Å². The molecule has 5 nitrogen and oxygen atoms in total. The zero-order valence-electron chi connectivity index (χ0n) is 18.1. The van der Waals surface area contributed by atoms with Crippen molar-refractivity contribution in [1.29, 1.82) is 0 Å². The van der Waals surface area contributed by atoms with Gasteiger partial charge in [-0.05, 0) is 66.3 Å². The first-order chi connectivity index (χ1) is 14.7. The fourth-order valence-corrected chi connectivity index (χ4v) is 5.32. The van der Waals surface area contributed by atoms with Crippen molar-refractivity contribution in [3.05, 3.63) is 56.6 Å². The highest BCUT2D eigenvalue weighted by Gasteiger charge is 2.30. The zero-order valence-corrected chi connectivity index (χ0v) is 20.5. The number of aliphatic hydroxyl groups is 1. The second-order valence-corrected chi connectivity index (χ2v) is 11.2. The number of aromatic nitrogens is 2. The van der Waals surface area contributed by atoms with Crippen LogP contribution in [0.3, 0.4) is 0 Å². The van der Waals surface area contributed by atoms with E-state index in [9.17, 15) is 9.90 Å². The highest BCUT2D eigenvalue weighted by Crippen LogP contribution is 2.38. The third-order valence-corrected chi connectivity index (χ3v) is 7.66. The molecule has 0 bridgehead atoms. The van der Waals surface area contributed by atoms with E-state index in [-0.39, 0.29) is 24.0 Å². The fraction of sp³-hybridized carbons (Fsp3) is 0.458. The van der Waals surface area contributed by atoms with E-state index in [0.717, 1.165) is 45.3 Å². The van der Waals surface area contributed by atoms with Crippen LogP contribution in [0.5, 0.6) is 0 Å². The van der Waals surface area contributed by atoms with Crippen LogP contribution in [0.15, 0.2) is 34.8 Å². The van der Waals surface area contributed by atoms with E-state index in [0.29, 0.717) is 17.3 Å². The third-order valence-electron chi connectivity index (χ3n) is 6.16. The molecule has 0 spiro atoms. The lowest BCUT2D eigenvalue weighted by Gasteiger charge is -2.34. The van der Waals surface area contributed by atoms with Gasteiger partial charge in [-0.2, -0.15) is 0 Å². The van der Waals surface area contributed by atoms with Crippen LogP contribution in [0, 0.1) is 11.3 Å². The van der Waals surface area contributed by atoms with Gasteiger partial charge in [-0.25, -0.2) is 9.97 Å². The predicted molar refractivity (Wildman–Crippen MR) is 128 cm³/mol. The minimum atomic E-state index is -0.272. The molecular weight excluding hydrogens is 474 g/mol. The summed E-state index contributed by atoms with van der Waals surface area (Å²) in [5.74, 6) is 0.403. The first kappa shape index (κ1) is 22.4. The number of nitrogens with zero attached hydrogens (tertiary/aromatic N) is 2. The number of thiazole rings is 1. The molecule has 2 aromatic heterocycles. The van der Waals surface area contributed by atoms with Crippen LogP contribution >= 0.6 is 27.3 Å². The quantitative estimate of drug-likeness (QED) is 0.486. The topological polar surface area (TPSA) is 75.1 Å². The average Bonchev–Trinajstić information content (AvgIpc) is 3.14. The van der Waals surface area contributed by atoms with Gasteiger partial charge in [-0.1, -0.05) is 60.2 Å². The Balaban J connectivity index is 1.56. The van der Waals surface area contributed by atoms with E-state index in [4.69, 9.17) is 4.98 Å². The van der Waals surface area contributed by atoms with E-state index < -0.39 is 0 Å². The Hall–Kier alpha value is -1.83. The molecule has 1 unspecified atom stereocenters. The SMILES string of the molecule is CC(C)(C)C1CCc2nc3sc(C(=O)N[C@H](CCO)c4ccc(Br)cc4)nc3cc2C1. The molecule has 0 aliphatic heterocycles. The van der Waals surface area contributed by atoms with Crippen molar-refractivity contribution >= 4 is 43.5 Å².